The fourth-order valence-corrected chi connectivity index (χ4v) is 2.92. The zero-order valence-electron chi connectivity index (χ0n) is 13.6. The molecule has 1 amide bonds. The van der Waals surface area contributed by atoms with E-state index in [1.807, 2.05) is 18.5 Å². The highest BCUT2D eigenvalue weighted by Gasteiger charge is 2.12. The van der Waals surface area contributed by atoms with E-state index >= 15 is 0 Å². The zero-order chi connectivity index (χ0) is 17.0. The molecule has 0 unspecified atom stereocenters. The van der Waals surface area contributed by atoms with Crippen LogP contribution in [0.3, 0.4) is 0 Å². The molecule has 4 nitrogen and oxygen atoms in total. The second-order valence-electron chi connectivity index (χ2n) is 5.45. The number of hydrogen-bond acceptors (Lipinski definition) is 2. The van der Waals surface area contributed by atoms with Crippen LogP contribution in [0.15, 0.2) is 18.2 Å². The lowest BCUT2D eigenvalue weighted by Gasteiger charge is -2.09. The smallest absolute Gasteiger partial charge is 0.224 e. The number of aryl methyl sites for hydroxylation is 1. The number of benzene rings is 1. The van der Waals surface area contributed by atoms with E-state index in [-0.39, 0.29) is 22.9 Å². The molecule has 0 aliphatic carbocycles. The van der Waals surface area contributed by atoms with Crippen molar-refractivity contribution in [1.82, 2.24) is 15.1 Å². The molecule has 0 bridgehead atoms. The van der Waals surface area contributed by atoms with Gasteiger partial charge in [0.05, 0.1) is 18.7 Å². The summed E-state index contributed by atoms with van der Waals surface area (Å²) in [6.07, 6.45) is 0.874. The summed E-state index contributed by atoms with van der Waals surface area (Å²) in [5.41, 5.74) is 3.62. The first-order chi connectivity index (χ1) is 10.9. The van der Waals surface area contributed by atoms with E-state index in [0.29, 0.717) is 13.1 Å². The van der Waals surface area contributed by atoms with Gasteiger partial charge in [-0.15, -0.1) is 0 Å². The van der Waals surface area contributed by atoms with Crippen LogP contribution in [-0.2, 0) is 24.2 Å². The lowest BCUT2D eigenvalue weighted by Crippen LogP contribution is -2.29. The van der Waals surface area contributed by atoms with Gasteiger partial charge in [-0.25, -0.2) is 4.39 Å². The Hall–Kier alpha value is -1.88. The van der Waals surface area contributed by atoms with Gasteiger partial charge in [-0.2, -0.15) is 5.10 Å². The second kappa shape index (κ2) is 7.59. The third kappa shape index (κ3) is 4.10. The summed E-state index contributed by atoms with van der Waals surface area (Å²) >= 11 is 5.93. The quantitative estimate of drug-likeness (QED) is 0.879. The average Bonchev–Trinajstić information content (AvgIpc) is 2.77. The van der Waals surface area contributed by atoms with Gasteiger partial charge in [-0.05, 0) is 38.0 Å². The number of hydrogen-bond donors (Lipinski definition) is 1. The second-order valence-corrected chi connectivity index (χ2v) is 5.86. The third-order valence-corrected chi connectivity index (χ3v) is 4.28. The van der Waals surface area contributed by atoms with E-state index in [0.717, 1.165) is 17.8 Å². The van der Waals surface area contributed by atoms with Crippen molar-refractivity contribution >= 4 is 17.5 Å². The molecule has 23 heavy (non-hydrogen) atoms. The number of nitrogens with one attached hydrogen (secondary N) is 1. The summed E-state index contributed by atoms with van der Waals surface area (Å²) < 4.78 is 15.6. The Labute approximate surface area is 140 Å². The van der Waals surface area contributed by atoms with Crippen LogP contribution in [-0.4, -0.2) is 22.2 Å². The molecule has 0 aliphatic rings. The van der Waals surface area contributed by atoms with Gasteiger partial charge in [0.2, 0.25) is 5.91 Å². The molecule has 6 heteroatoms. The maximum absolute atomic E-state index is 13.7. The fourth-order valence-electron chi connectivity index (χ4n) is 2.69. The Balaban J connectivity index is 1.91. The van der Waals surface area contributed by atoms with E-state index in [1.54, 1.807) is 6.07 Å². The summed E-state index contributed by atoms with van der Waals surface area (Å²) in [6, 6.07) is 4.40. The first kappa shape index (κ1) is 17.5. The van der Waals surface area contributed by atoms with Crippen LogP contribution in [0.25, 0.3) is 0 Å². The summed E-state index contributed by atoms with van der Waals surface area (Å²) in [7, 11) is 0. The number of nitrogens with zero attached hydrogens (tertiary/aromatic N) is 2. The molecule has 1 aromatic carbocycles. The molecule has 0 saturated heterocycles. The van der Waals surface area contributed by atoms with Gasteiger partial charge in [0.1, 0.15) is 5.82 Å². The number of carbonyl (C=O) groups excluding carboxylic acids is 1. The van der Waals surface area contributed by atoms with E-state index in [2.05, 4.69) is 17.3 Å². The van der Waals surface area contributed by atoms with Crippen LogP contribution >= 0.6 is 11.6 Å². The molecule has 0 spiro atoms. The van der Waals surface area contributed by atoms with Crippen LogP contribution in [0, 0.1) is 19.7 Å². The van der Waals surface area contributed by atoms with Crippen molar-refractivity contribution in [2.75, 3.05) is 6.54 Å². The zero-order valence-corrected chi connectivity index (χ0v) is 14.4. The first-order valence-corrected chi connectivity index (χ1v) is 8.04. The summed E-state index contributed by atoms with van der Waals surface area (Å²) in [5.74, 6) is -0.715. The molecule has 124 valence electrons. The van der Waals surface area contributed by atoms with Crippen molar-refractivity contribution in [3.05, 3.63) is 51.6 Å². The Bertz CT molecular complexity index is 692. The van der Waals surface area contributed by atoms with E-state index in [1.165, 1.54) is 17.7 Å². The highest BCUT2D eigenvalue weighted by molar-refractivity contribution is 6.31. The van der Waals surface area contributed by atoms with Gasteiger partial charge < -0.3 is 5.32 Å². The SMILES string of the molecule is CCc1c(C)nn(CCNC(=O)Cc2c(F)cccc2Cl)c1C. The minimum Gasteiger partial charge on any atom is -0.354 e. The minimum absolute atomic E-state index is 0.0666. The molecule has 0 aliphatic heterocycles. The molecule has 1 aromatic heterocycles. The van der Waals surface area contributed by atoms with Crippen LogP contribution in [0.4, 0.5) is 4.39 Å². The number of amides is 1. The Kier molecular flexibility index (Phi) is 5.77. The van der Waals surface area contributed by atoms with Crippen molar-refractivity contribution in [2.45, 2.75) is 40.2 Å². The monoisotopic (exact) mass is 337 g/mol. The van der Waals surface area contributed by atoms with Crippen LogP contribution in [0.1, 0.15) is 29.4 Å². The van der Waals surface area contributed by atoms with Gasteiger partial charge in [0.25, 0.3) is 0 Å². The highest BCUT2D eigenvalue weighted by atomic mass is 35.5. The molecule has 1 heterocycles. The summed E-state index contributed by atoms with van der Waals surface area (Å²) in [6.45, 7) is 7.14. The molecule has 0 fully saturated rings. The molecule has 0 radical (unpaired) electrons. The number of halogens is 2. The predicted octanol–water partition coefficient (Wildman–Crippen LogP) is 3.21. The largest absolute Gasteiger partial charge is 0.354 e. The number of carbonyl (C=O) groups is 1. The number of rotatable bonds is 6. The van der Waals surface area contributed by atoms with Crippen LogP contribution in [0.2, 0.25) is 5.02 Å². The lowest BCUT2D eigenvalue weighted by atomic mass is 10.1. The van der Waals surface area contributed by atoms with Crippen molar-refractivity contribution in [3.8, 4) is 0 Å². The average molecular weight is 338 g/mol. The standard InChI is InChI=1S/C17H21ClFN3O/c1-4-13-11(2)21-22(12(13)3)9-8-20-17(23)10-14-15(18)6-5-7-16(14)19/h5-7H,4,8-10H2,1-3H3,(H,20,23). The lowest BCUT2D eigenvalue weighted by molar-refractivity contribution is -0.120. The predicted molar refractivity (Wildman–Crippen MR) is 89.2 cm³/mol. The number of aromatic nitrogens is 2. The molecular weight excluding hydrogens is 317 g/mol. The van der Waals surface area contributed by atoms with Gasteiger partial charge in [-0.1, -0.05) is 24.6 Å². The van der Waals surface area contributed by atoms with Crippen LogP contribution < -0.4 is 5.32 Å². The normalized spacial score (nSPS) is 10.8. The fraction of sp³-hybridized carbons (Fsp3) is 0.412. The van der Waals surface area contributed by atoms with Gasteiger partial charge >= 0.3 is 0 Å². The molecule has 1 N–H and O–H groups in total. The third-order valence-electron chi connectivity index (χ3n) is 3.93. The topological polar surface area (TPSA) is 46.9 Å². The maximum Gasteiger partial charge on any atom is 0.224 e. The molecular formula is C17H21ClFN3O. The van der Waals surface area contributed by atoms with E-state index in [4.69, 9.17) is 11.6 Å². The Morgan fingerprint density at radius 3 is 2.70 bits per heavy atom. The minimum atomic E-state index is -0.459. The first-order valence-electron chi connectivity index (χ1n) is 7.66. The van der Waals surface area contributed by atoms with Crippen molar-refractivity contribution in [2.24, 2.45) is 0 Å². The van der Waals surface area contributed by atoms with Crippen molar-refractivity contribution < 1.29 is 9.18 Å². The van der Waals surface area contributed by atoms with Crippen molar-refractivity contribution in [3.63, 3.8) is 0 Å². The van der Waals surface area contributed by atoms with Crippen molar-refractivity contribution in [1.29, 1.82) is 0 Å². The summed E-state index contributed by atoms with van der Waals surface area (Å²) in [5, 5.41) is 7.53. The highest BCUT2D eigenvalue weighted by Crippen LogP contribution is 2.19. The van der Waals surface area contributed by atoms with Gasteiger partial charge in [0, 0.05) is 22.8 Å². The molecule has 0 saturated carbocycles. The molecule has 2 rings (SSSR count). The molecule has 2 aromatic rings. The van der Waals surface area contributed by atoms with Gasteiger partial charge in [-0.3, -0.25) is 9.48 Å². The van der Waals surface area contributed by atoms with Gasteiger partial charge in [0.15, 0.2) is 0 Å². The summed E-state index contributed by atoms with van der Waals surface area (Å²) in [4.78, 5) is 12.0. The molecule has 0 atom stereocenters. The Morgan fingerprint density at radius 1 is 1.35 bits per heavy atom. The van der Waals surface area contributed by atoms with Crippen LogP contribution in [0.5, 0.6) is 0 Å². The Morgan fingerprint density at radius 2 is 2.09 bits per heavy atom. The van der Waals surface area contributed by atoms with E-state index in [9.17, 15) is 9.18 Å². The maximum atomic E-state index is 13.7. The van der Waals surface area contributed by atoms with E-state index < -0.39 is 5.82 Å².